The van der Waals surface area contributed by atoms with Gasteiger partial charge < -0.3 is 24.9 Å². The van der Waals surface area contributed by atoms with Gasteiger partial charge in [-0.2, -0.15) is 4.98 Å². The SMILES string of the molecule is O=S1CCc2nc(N3CCN(c4ccc(Cl)cc4)CC3)nc(N3C[C@H](O)C[C@H]3CO)c21. The zero-order valence-electron chi connectivity index (χ0n) is 17.2. The molecule has 10 heteroatoms. The van der Waals surface area contributed by atoms with Gasteiger partial charge in [0.2, 0.25) is 5.95 Å². The Balaban J connectivity index is 1.40. The largest absolute Gasteiger partial charge is 0.394 e. The maximum Gasteiger partial charge on any atom is 0.227 e. The van der Waals surface area contributed by atoms with Gasteiger partial charge in [-0.05, 0) is 30.7 Å². The first-order valence-electron chi connectivity index (χ1n) is 10.6. The Kier molecular flexibility index (Phi) is 5.76. The van der Waals surface area contributed by atoms with Crippen LogP contribution in [0.15, 0.2) is 29.2 Å². The predicted molar refractivity (Wildman–Crippen MR) is 122 cm³/mol. The second-order valence-electron chi connectivity index (χ2n) is 8.25. The molecular weight excluding hydrogens is 438 g/mol. The number of anilines is 3. The fourth-order valence-electron chi connectivity index (χ4n) is 4.64. The Morgan fingerprint density at radius 2 is 1.81 bits per heavy atom. The third-order valence-corrected chi connectivity index (χ3v) is 7.99. The maximum absolute atomic E-state index is 12.7. The zero-order valence-corrected chi connectivity index (χ0v) is 18.7. The Hall–Kier alpha value is -1.94. The van der Waals surface area contributed by atoms with Gasteiger partial charge >= 0.3 is 0 Å². The van der Waals surface area contributed by atoms with E-state index in [2.05, 4.69) is 9.80 Å². The molecule has 3 aliphatic heterocycles. The van der Waals surface area contributed by atoms with Crippen molar-refractivity contribution < 1.29 is 14.4 Å². The van der Waals surface area contributed by atoms with Gasteiger partial charge in [-0.3, -0.25) is 4.21 Å². The summed E-state index contributed by atoms with van der Waals surface area (Å²) in [5.74, 6) is 1.80. The van der Waals surface area contributed by atoms with Crippen LogP contribution in [-0.4, -0.2) is 81.6 Å². The highest BCUT2D eigenvalue weighted by Gasteiger charge is 2.37. The van der Waals surface area contributed by atoms with Crippen molar-refractivity contribution in [3.8, 4) is 0 Å². The molecular formula is C21H26ClN5O3S. The minimum absolute atomic E-state index is 0.0719. The van der Waals surface area contributed by atoms with E-state index in [0.29, 0.717) is 41.8 Å². The number of aromatic nitrogens is 2. The molecule has 1 aromatic heterocycles. The number of β-amino-alcohol motifs (C(OH)–C–C–N with tert-alkyl or cyclic N) is 1. The highest BCUT2D eigenvalue weighted by Crippen LogP contribution is 2.36. The van der Waals surface area contributed by atoms with Crippen molar-refractivity contribution in [1.82, 2.24) is 9.97 Å². The van der Waals surface area contributed by atoms with E-state index in [0.717, 1.165) is 42.6 Å². The number of aliphatic hydroxyl groups excluding tert-OH is 2. The number of benzene rings is 1. The molecule has 31 heavy (non-hydrogen) atoms. The quantitative estimate of drug-likeness (QED) is 0.695. The molecule has 8 nitrogen and oxygen atoms in total. The molecule has 0 bridgehead atoms. The molecule has 0 radical (unpaired) electrons. The molecule has 0 spiro atoms. The van der Waals surface area contributed by atoms with Crippen molar-refractivity contribution in [1.29, 1.82) is 0 Å². The smallest absolute Gasteiger partial charge is 0.227 e. The van der Waals surface area contributed by atoms with Crippen LogP contribution >= 0.6 is 11.6 Å². The van der Waals surface area contributed by atoms with Crippen LogP contribution in [0.5, 0.6) is 0 Å². The number of fused-ring (bicyclic) bond motifs is 1. The average Bonchev–Trinajstić information content (AvgIpc) is 3.36. The number of aliphatic hydroxyl groups is 2. The summed E-state index contributed by atoms with van der Waals surface area (Å²) in [6, 6.07) is 7.65. The lowest BCUT2D eigenvalue weighted by atomic mass is 10.2. The molecule has 0 amide bonds. The van der Waals surface area contributed by atoms with Crippen molar-refractivity contribution in [2.45, 2.75) is 29.9 Å². The number of rotatable bonds is 4. The first-order valence-corrected chi connectivity index (χ1v) is 12.3. The van der Waals surface area contributed by atoms with Gasteiger partial charge in [-0.25, -0.2) is 4.98 Å². The summed E-state index contributed by atoms with van der Waals surface area (Å²) in [5, 5.41) is 20.7. The summed E-state index contributed by atoms with van der Waals surface area (Å²) in [6.07, 6.45) is 0.621. The van der Waals surface area contributed by atoms with E-state index in [4.69, 9.17) is 21.6 Å². The third kappa shape index (κ3) is 4.00. The van der Waals surface area contributed by atoms with Gasteiger partial charge in [0.25, 0.3) is 0 Å². The predicted octanol–water partition coefficient (Wildman–Crippen LogP) is 1.05. The summed E-state index contributed by atoms with van der Waals surface area (Å²) in [7, 11) is -1.15. The molecule has 166 valence electrons. The molecule has 2 saturated heterocycles. The van der Waals surface area contributed by atoms with Gasteiger partial charge in [-0.15, -0.1) is 0 Å². The van der Waals surface area contributed by atoms with E-state index in [9.17, 15) is 14.4 Å². The molecule has 3 atom stereocenters. The minimum atomic E-state index is -1.15. The van der Waals surface area contributed by atoms with Gasteiger partial charge in [0, 0.05) is 55.6 Å². The van der Waals surface area contributed by atoms with Crippen LogP contribution in [0.25, 0.3) is 0 Å². The minimum Gasteiger partial charge on any atom is -0.394 e. The van der Waals surface area contributed by atoms with Gasteiger partial charge in [0.1, 0.15) is 4.90 Å². The summed E-state index contributed by atoms with van der Waals surface area (Å²) in [4.78, 5) is 16.7. The van der Waals surface area contributed by atoms with Crippen LogP contribution in [0, 0.1) is 0 Å². The average molecular weight is 464 g/mol. The Labute approximate surface area is 188 Å². The molecule has 2 aromatic rings. The number of nitrogens with zero attached hydrogens (tertiary/aromatic N) is 5. The number of hydrogen-bond donors (Lipinski definition) is 2. The number of aryl methyl sites for hydroxylation is 1. The van der Waals surface area contributed by atoms with Crippen molar-refractivity contribution in [2.75, 3.05) is 59.8 Å². The second kappa shape index (κ2) is 8.54. The molecule has 0 aliphatic carbocycles. The van der Waals surface area contributed by atoms with Crippen molar-refractivity contribution in [3.05, 3.63) is 35.0 Å². The lowest BCUT2D eigenvalue weighted by molar-refractivity contribution is 0.184. The fraction of sp³-hybridized carbons (Fsp3) is 0.524. The van der Waals surface area contributed by atoms with Gasteiger partial charge in [0.05, 0.1) is 35.2 Å². The van der Waals surface area contributed by atoms with E-state index in [1.54, 1.807) is 0 Å². The monoisotopic (exact) mass is 463 g/mol. The highest BCUT2D eigenvalue weighted by atomic mass is 35.5. The molecule has 1 unspecified atom stereocenters. The first-order chi connectivity index (χ1) is 15.0. The van der Waals surface area contributed by atoms with Crippen LogP contribution in [0.1, 0.15) is 12.1 Å². The van der Waals surface area contributed by atoms with Crippen LogP contribution in [-0.2, 0) is 17.2 Å². The molecule has 2 N–H and O–H groups in total. The molecule has 2 fully saturated rings. The van der Waals surface area contributed by atoms with E-state index in [1.165, 1.54) is 0 Å². The molecule has 4 heterocycles. The Bertz CT molecular complexity index is 984. The number of hydrogen-bond acceptors (Lipinski definition) is 8. The van der Waals surface area contributed by atoms with Gasteiger partial charge in [-0.1, -0.05) is 11.6 Å². The summed E-state index contributed by atoms with van der Waals surface area (Å²) in [6.45, 7) is 3.54. The van der Waals surface area contributed by atoms with Crippen molar-refractivity contribution in [2.24, 2.45) is 0 Å². The second-order valence-corrected chi connectivity index (χ2v) is 10.2. The van der Waals surface area contributed by atoms with Crippen molar-refractivity contribution in [3.63, 3.8) is 0 Å². The summed E-state index contributed by atoms with van der Waals surface area (Å²) >= 11 is 6.01. The lowest BCUT2D eigenvalue weighted by Gasteiger charge is -2.36. The molecule has 3 aliphatic rings. The lowest BCUT2D eigenvalue weighted by Crippen LogP contribution is -2.47. The van der Waals surface area contributed by atoms with Crippen molar-refractivity contribution >= 4 is 39.9 Å². The van der Waals surface area contributed by atoms with E-state index >= 15 is 0 Å². The summed E-state index contributed by atoms with van der Waals surface area (Å²) in [5.41, 5.74) is 1.98. The van der Waals surface area contributed by atoms with Crippen LogP contribution in [0.4, 0.5) is 17.5 Å². The Morgan fingerprint density at radius 1 is 1.10 bits per heavy atom. The summed E-state index contributed by atoms with van der Waals surface area (Å²) < 4.78 is 12.7. The molecule has 0 saturated carbocycles. The highest BCUT2D eigenvalue weighted by molar-refractivity contribution is 7.85. The van der Waals surface area contributed by atoms with Gasteiger partial charge in [0.15, 0.2) is 5.82 Å². The normalized spacial score (nSPS) is 25.9. The zero-order chi connectivity index (χ0) is 21.5. The topological polar surface area (TPSA) is 93.0 Å². The Morgan fingerprint density at radius 3 is 2.52 bits per heavy atom. The fourth-order valence-corrected chi connectivity index (χ4v) is 6.13. The number of piperazine rings is 1. The molecule has 1 aromatic carbocycles. The van der Waals surface area contributed by atoms with Crippen LogP contribution in [0.2, 0.25) is 5.02 Å². The first kappa shape index (κ1) is 20.9. The van der Waals surface area contributed by atoms with Crippen LogP contribution in [0.3, 0.4) is 0 Å². The number of halogens is 1. The third-order valence-electron chi connectivity index (χ3n) is 6.29. The maximum atomic E-state index is 12.7. The molecule has 5 rings (SSSR count). The van der Waals surface area contributed by atoms with E-state index in [1.807, 2.05) is 29.2 Å². The van der Waals surface area contributed by atoms with E-state index < -0.39 is 16.9 Å². The van der Waals surface area contributed by atoms with E-state index in [-0.39, 0.29) is 12.6 Å². The van der Waals surface area contributed by atoms with Crippen LogP contribution < -0.4 is 14.7 Å². The standard InChI is InChI=1S/C21H26ClN5O3S/c22-14-1-3-15(4-2-14)25-6-8-26(9-7-25)21-23-18-5-10-31(30)19(18)20(24-21)27-12-17(29)11-16(27)13-28/h1-4,16-17,28-29H,5-13H2/t16-,17+,31?/m0/s1.